The van der Waals surface area contributed by atoms with E-state index in [1.54, 1.807) is 0 Å². The lowest BCUT2D eigenvalue weighted by Gasteiger charge is -2.27. The van der Waals surface area contributed by atoms with Crippen LogP contribution in [0.25, 0.3) is 27.7 Å². The maximum absolute atomic E-state index is 6.71. The van der Waals surface area contributed by atoms with Crippen LogP contribution in [0, 0.1) is 6.92 Å². The van der Waals surface area contributed by atoms with Gasteiger partial charge in [-0.25, -0.2) is 0 Å². The second-order valence-electron chi connectivity index (χ2n) is 18.3. The first-order valence-electron chi connectivity index (χ1n) is 26.8. The van der Waals surface area contributed by atoms with Gasteiger partial charge < -0.3 is 35.6 Å². The number of hydrogen-bond donors (Lipinski definition) is 4. The maximum atomic E-state index is 6.71. The number of nitrogens with zero attached hydrogens (tertiary/aromatic N) is 4. The van der Waals surface area contributed by atoms with Crippen LogP contribution in [0.4, 0.5) is 16.4 Å². The Hall–Kier alpha value is -5.06. The van der Waals surface area contributed by atoms with Crippen LogP contribution in [0.15, 0.2) is 121 Å². The molecule has 5 aromatic rings. The van der Waals surface area contributed by atoms with Gasteiger partial charge in [-0.1, -0.05) is 136 Å². The molecule has 1 atom stereocenters. The zero-order valence-corrected chi connectivity index (χ0v) is 48.4. The lowest BCUT2D eigenvalue weighted by Crippen LogP contribution is -2.38. The molecule has 1 aliphatic rings. The molecule has 1 aliphatic heterocycles. The third-order valence-corrected chi connectivity index (χ3v) is 13.5. The minimum absolute atomic E-state index is 0.580. The number of anilines is 2. The third kappa shape index (κ3) is 22.0. The first kappa shape index (κ1) is 63.1. The van der Waals surface area contributed by atoms with Gasteiger partial charge in [0.15, 0.2) is 0 Å². The van der Waals surface area contributed by atoms with Gasteiger partial charge in [0.1, 0.15) is 0 Å². The summed E-state index contributed by atoms with van der Waals surface area (Å²) in [6.45, 7) is 38.7. The summed E-state index contributed by atoms with van der Waals surface area (Å²) in [7, 11) is 8.12. The summed E-state index contributed by atoms with van der Waals surface area (Å²) >= 11 is 8.64. The molecule has 0 amide bonds. The Balaban J connectivity index is 0.000000439. The molecule has 0 radical (unpaired) electrons. The van der Waals surface area contributed by atoms with E-state index < -0.39 is 0 Å². The van der Waals surface area contributed by atoms with E-state index >= 15 is 0 Å². The Morgan fingerprint density at radius 1 is 0.931 bits per heavy atom. The Morgan fingerprint density at radius 3 is 2.35 bits per heavy atom. The van der Waals surface area contributed by atoms with Crippen molar-refractivity contribution in [2.75, 3.05) is 70.6 Å². The SMILES string of the molecule is C=C(/C=C/CN(C)C)CN(CC1CCCN1)c1ccc(CCNC(=C)CCCCCC)s1.C=Nc1cc(-c2ccc3c(ccn3C)c2)c(Cl)cc1NCCc1ccc(C)c(C(=C)NC)c1.CC.CC.CCC. The number of halogens is 1. The topological polar surface area (TPSA) is 71.9 Å². The van der Waals surface area contributed by atoms with E-state index in [-0.39, 0.29) is 0 Å². The van der Waals surface area contributed by atoms with E-state index in [9.17, 15) is 0 Å². The summed E-state index contributed by atoms with van der Waals surface area (Å²) in [5, 5.41) is 17.0. The molecule has 0 spiro atoms. The monoisotopic (exact) mass is 1020 g/mol. The maximum Gasteiger partial charge on any atom is 0.0914 e. The number of hydrogen-bond acceptors (Lipinski definition) is 8. The van der Waals surface area contributed by atoms with Gasteiger partial charge in [-0.15, -0.1) is 11.3 Å². The number of nitrogens with one attached hydrogen (secondary N) is 4. The highest BCUT2D eigenvalue weighted by Crippen LogP contribution is 2.38. The summed E-state index contributed by atoms with van der Waals surface area (Å²) in [6, 6.07) is 24.1. The molecule has 2 aromatic heterocycles. The smallest absolute Gasteiger partial charge is 0.0914 e. The molecule has 396 valence electrons. The number of benzene rings is 3. The van der Waals surface area contributed by atoms with Crippen molar-refractivity contribution in [1.29, 1.82) is 0 Å². The highest BCUT2D eigenvalue weighted by molar-refractivity contribution is 7.16. The standard InChI is InChI=1S/C28H29ClN4.C27H46N4S.C3H8.2C2H6/c1-18-6-7-20(14-23(18)19(2)30-3)10-12-32-27-17-25(29)24(16-26(27)31-4)21-8-9-28-22(15-21)11-13-33(28)5;1-6-7-8-9-13-24(3)28-19-17-26-15-16-27(32-26)31(22-25-14-10-18-29-25)21-23(2)12-11-20-30(4)5;1-3-2;2*1-2/h6-9,11,13-17,30,32H,2,4,10,12H2,1,3,5H3;11-12,15-16,25,28-29H,2-3,6-10,13-14,17-22H2,1,4-5H3;3H2,1-2H3;2*1-2H3/b;12-11+;;;. The molecule has 0 saturated carbocycles. The molecule has 0 bridgehead atoms. The fourth-order valence-corrected chi connectivity index (χ4v) is 9.44. The van der Waals surface area contributed by atoms with Gasteiger partial charge in [-0.3, -0.25) is 4.99 Å². The first-order chi connectivity index (χ1) is 34.8. The third-order valence-electron chi connectivity index (χ3n) is 12.0. The second kappa shape index (κ2) is 36.0. The van der Waals surface area contributed by atoms with Crippen molar-refractivity contribution in [3.05, 3.63) is 143 Å². The normalized spacial score (nSPS) is 12.6. The number of fused-ring (bicyclic) bond motifs is 1. The van der Waals surface area contributed by atoms with Gasteiger partial charge in [-0.2, -0.15) is 0 Å². The van der Waals surface area contributed by atoms with Crippen LogP contribution in [0.3, 0.4) is 0 Å². The number of likely N-dealkylation sites (N-methyl/N-ethyl adjacent to an activating group) is 1. The molecule has 1 unspecified atom stereocenters. The van der Waals surface area contributed by atoms with E-state index in [0.717, 1.165) is 92.3 Å². The van der Waals surface area contributed by atoms with Crippen molar-refractivity contribution in [1.82, 2.24) is 25.4 Å². The molecule has 3 heterocycles. The molecule has 72 heavy (non-hydrogen) atoms. The summed E-state index contributed by atoms with van der Waals surface area (Å²) in [5.41, 5.74) is 11.7. The Kier molecular flexibility index (Phi) is 31.5. The molecule has 8 nitrogen and oxygen atoms in total. The molecule has 1 fully saturated rings. The van der Waals surface area contributed by atoms with E-state index in [1.807, 2.05) is 65.3 Å². The fourth-order valence-electron chi connectivity index (χ4n) is 8.16. The van der Waals surface area contributed by atoms with Crippen molar-refractivity contribution >= 4 is 62.6 Å². The molecular formula is C62H95ClN8S. The molecule has 6 rings (SSSR count). The molecule has 10 heteroatoms. The van der Waals surface area contributed by atoms with Gasteiger partial charge in [-0.05, 0) is 144 Å². The van der Waals surface area contributed by atoms with Crippen molar-refractivity contribution < 1.29 is 0 Å². The summed E-state index contributed by atoms with van der Waals surface area (Å²) < 4.78 is 2.11. The summed E-state index contributed by atoms with van der Waals surface area (Å²) in [4.78, 5) is 10.4. The predicted octanol–water partition coefficient (Wildman–Crippen LogP) is 16.0. The molecular weight excluding hydrogens is 924 g/mol. The minimum atomic E-state index is 0.580. The second-order valence-corrected chi connectivity index (χ2v) is 19.9. The molecule has 0 aliphatic carbocycles. The van der Waals surface area contributed by atoms with Crippen LogP contribution < -0.4 is 26.2 Å². The highest BCUT2D eigenvalue weighted by Gasteiger charge is 2.20. The zero-order valence-electron chi connectivity index (χ0n) is 46.9. The number of allylic oxidation sites excluding steroid dienone is 1. The van der Waals surface area contributed by atoms with Gasteiger partial charge in [0, 0.05) is 97.4 Å². The number of rotatable bonds is 25. The number of aryl methyl sites for hydroxylation is 2. The van der Waals surface area contributed by atoms with Crippen molar-refractivity contribution in [3.8, 4) is 11.1 Å². The van der Waals surface area contributed by atoms with E-state index in [0.29, 0.717) is 11.1 Å². The van der Waals surface area contributed by atoms with Gasteiger partial charge in [0.2, 0.25) is 0 Å². The Bertz CT molecular complexity index is 2380. The van der Waals surface area contributed by atoms with Crippen molar-refractivity contribution in [3.63, 3.8) is 0 Å². The van der Waals surface area contributed by atoms with Crippen LogP contribution in [-0.2, 0) is 19.9 Å². The highest BCUT2D eigenvalue weighted by atomic mass is 35.5. The molecule has 4 N–H and O–H groups in total. The number of aromatic nitrogens is 1. The Labute approximate surface area is 447 Å². The number of thiophene rings is 1. The molecule has 1 saturated heterocycles. The zero-order chi connectivity index (χ0) is 53.4. The van der Waals surface area contributed by atoms with Crippen LogP contribution >= 0.6 is 22.9 Å². The van der Waals surface area contributed by atoms with Crippen LogP contribution in [0.1, 0.15) is 121 Å². The van der Waals surface area contributed by atoms with Gasteiger partial charge >= 0.3 is 0 Å². The fraction of sp³-hybridized carbons (Fsp3) is 0.468. The van der Waals surface area contributed by atoms with Crippen molar-refractivity contribution in [2.45, 2.75) is 126 Å². The number of aliphatic imine (C=N–C) groups is 1. The van der Waals surface area contributed by atoms with E-state index in [2.05, 4.69) is 182 Å². The lowest BCUT2D eigenvalue weighted by atomic mass is 10.0. The lowest BCUT2D eigenvalue weighted by molar-refractivity contribution is 0.456. The Morgan fingerprint density at radius 2 is 1.68 bits per heavy atom. The van der Waals surface area contributed by atoms with Crippen LogP contribution in [0.5, 0.6) is 0 Å². The minimum Gasteiger partial charge on any atom is -0.388 e. The quantitative estimate of drug-likeness (QED) is 0.0265. The van der Waals surface area contributed by atoms with Crippen LogP contribution in [-0.4, -0.2) is 82.6 Å². The summed E-state index contributed by atoms with van der Waals surface area (Å²) in [5.74, 6) is 0. The average Bonchev–Trinajstić information content (AvgIpc) is 4.17. The van der Waals surface area contributed by atoms with Crippen LogP contribution in [0.2, 0.25) is 5.02 Å². The summed E-state index contributed by atoms with van der Waals surface area (Å²) in [6.07, 6.45) is 18.4. The average molecular weight is 1020 g/mol. The number of unbranched alkanes of at least 4 members (excludes halogenated alkanes) is 3. The predicted molar refractivity (Wildman–Crippen MR) is 327 cm³/mol. The van der Waals surface area contributed by atoms with E-state index in [4.69, 9.17) is 11.6 Å². The van der Waals surface area contributed by atoms with E-state index in [1.165, 1.54) is 88.1 Å². The largest absolute Gasteiger partial charge is 0.388 e. The van der Waals surface area contributed by atoms with Gasteiger partial charge in [0.05, 0.1) is 21.4 Å². The van der Waals surface area contributed by atoms with Crippen molar-refractivity contribution in [2.24, 2.45) is 12.0 Å². The first-order valence-corrected chi connectivity index (χ1v) is 28.0. The molecule has 3 aromatic carbocycles. The van der Waals surface area contributed by atoms with Gasteiger partial charge in [0.25, 0.3) is 0 Å².